The summed E-state index contributed by atoms with van der Waals surface area (Å²) in [6, 6.07) is 30.6. The summed E-state index contributed by atoms with van der Waals surface area (Å²) in [4.78, 5) is 24.3. The Bertz CT molecular complexity index is 858. The molecule has 4 nitrogen and oxygen atoms in total. The molecular weight excluding hydrogens is 346 g/mol. The molecule has 4 aromatic rings. The Morgan fingerprint density at radius 1 is 0.607 bits per heavy atom. The number of benzene rings is 2. The second-order valence-electron chi connectivity index (χ2n) is 6.30. The first-order chi connectivity index (χ1) is 13.8. The normalized spacial score (nSPS) is 10.6. The second kappa shape index (κ2) is 8.27. The molecule has 0 radical (unpaired) electrons. The highest BCUT2D eigenvalue weighted by atomic mass is 16.2. The molecule has 0 aliphatic heterocycles. The molecule has 0 aliphatic rings. The molecule has 1 amide bonds. The Morgan fingerprint density at radius 3 is 1.43 bits per heavy atom. The molecule has 0 aliphatic carbocycles. The van der Waals surface area contributed by atoms with Gasteiger partial charge in [0, 0.05) is 12.4 Å². The zero-order chi connectivity index (χ0) is 19.2. The van der Waals surface area contributed by atoms with Crippen LogP contribution in [0.3, 0.4) is 0 Å². The Morgan fingerprint density at radius 2 is 1.04 bits per heavy atom. The van der Waals surface area contributed by atoms with Gasteiger partial charge >= 0.3 is 0 Å². The largest absolute Gasteiger partial charge is 0.273 e. The molecule has 0 spiro atoms. The SMILES string of the molecule is O=C(C(c1ccccc1)c1ccccc1)N(c1ccccn1)c1ccccn1. The van der Waals surface area contributed by atoms with Crippen LogP contribution in [-0.2, 0) is 4.79 Å². The number of hydrogen-bond acceptors (Lipinski definition) is 3. The van der Waals surface area contributed by atoms with Gasteiger partial charge in [0.25, 0.3) is 0 Å². The van der Waals surface area contributed by atoms with E-state index in [9.17, 15) is 4.79 Å². The van der Waals surface area contributed by atoms with Gasteiger partial charge in [0.15, 0.2) is 0 Å². The molecule has 2 heterocycles. The maximum Gasteiger partial charge on any atom is 0.245 e. The van der Waals surface area contributed by atoms with E-state index in [-0.39, 0.29) is 5.91 Å². The smallest absolute Gasteiger partial charge is 0.245 e. The zero-order valence-corrected chi connectivity index (χ0v) is 15.2. The molecule has 0 saturated carbocycles. The topological polar surface area (TPSA) is 46.1 Å². The van der Waals surface area contributed by atoms with Crippen LogP contribution in [0.2, 0.25) is 0 Å². The van der Waals surface area contributed by atoms with Gasteiger partial charge in [-0.3, -0.25) is 4.79 Å². The van der Waals surface area contributed by atoms with E-state index in [1.807, 2.05) is 97.1 Å². The number of pyridine rings is 2. The van der Waals surface area contributed by atoms with E-state index in [1.54, 1.807) is 17.3 Å². The van der Waals surface area contributed by atoms with Gasteiger partial charge in [-0.25, -0.2) is 14.9 Å². The lowest BCUT2D eigenvalue weighted by molar-refractivity contribution is -0.118. The third kappa shape index (κ3) is 3.67. The lowest BCUT2D eigenvalue weighted by Crippen LogP contribution is -2.33. The molecule has 136 valence electrons. The standard InChI is InChI=1S/C24H19N3O/c28-24(23(19-11-3-1-4-12-19)20-13-5-2-6-14-20)27(21-15-7-9-17-25-21)22-16-8-10-18-26-22/h1-18,23H. The van der Waals surface area contributed by atoms with Gasteiger partial charge in [-0.2, -0.15) is 0 Å². The first-order valence-electron chi connectivity index (χ1n) is 9.10. The van der Waals surface area contributed by atoms with Crippen LogP contribution in [0.4, 0.5) is 11.6 Å². The highest BCUT2D eigenvalue weighted by Crippen LogP contribution is 2.32. The summed E-state index contributed by atoms with van der Waals surface area (Å²) in [7, 11) is 0. The zero-order valence-electron chi connectivity index (χ0n) is 15.2. The van der Waals surface area contributed by atoms with Gasteiger partial charge in [-0.05, 0) is 35.4 Å². The van der Waals surface area contributed by atoms with Gasteiger partial charge in [0.2, 0.25) is 5.91 Å². The van der Waals surface area contributed by atoms with Crippen LogP contribution in [0.5, 0.6) is 0 Å². The number of carbonyl (C=O) groups is 1. The van der Waals surface area contributed by atoms with Gasteiger partial charge in [-0.15, -0.1) is 0 Å². The van der Waals surface area contributed by atoms with E-state index >= 15 is 0 Å². The maximum atomic E-state index is 13.9. The highest BCUT2D eigenvalue weighted by molar-refractivity contribution is 6.04. The van der Waals surface area contributed by atoms with E-state index in [0.29, 0.717) is 11.6 Å². The van der Waals surface area contributed by atoms with E-state index in [0.717, 1.165) is 11.1 Å². The van der Waals surface area contributed by atoms with Crippen molar-refractivity contribution in [1.82, 2.24) is 9.97 Å². The number of aromatic nitrogens is 2. The Hall–Kier alpha value is -3.79. The molecular formula is C24H19N3O. The van der Waals surface area contributed by atoms with Crippen molar-refractivity contribution in [2.75, 3.05) is 4.90 Å². The lowest BCUT2D eigenvalue weighted by atomic mass is 9.90. The summed E-state index contributed by atoms with van der Waals surface area (Å²) in [6.45, 7) is 0. The molecule has 0 atom stereocenters. The van der Waals surface area contributed by atoms with Crippen molar-refractivity contribution in [3.8, 4) is 0 Å². The third-order valence-electron chi connectivity index (χ3n) is 4.49. The minimum atomic E-state index is -0.466. The van der Waals surface area contributed by atoms with Gasteiger partial charge in [0.05, 0.1) is 5.92 Å². The quantitative estimate of drug-likeness (QED) is 0.501. The van der Waals surface area contributed by atoms with E-state index in [2.05, 4.69) is 9.97 Å². The number of hydrogen-bond donors (Lipinski definition) is 0. The molecule has 0 bridgehead atoms. The lowest BCUT2D eigenvalue weighted by Gasteiger charge is -2.26. The van der Waals surface area contributed by atoms with Crippen molar-refractivity contribution in [2.24, 2.45) is 0 Å². The molecule has 4 heteroatoms. The molecule has 0 unspecified atom stereocenters. The monoisotopic (exact) mass is 365 g/mol. The average Bonchev–Trinajstić information content (AvgIpc) is 2.77. The van der Waals surface area contributed by atoms with E-state index in [1.165, 1.54) is 0 Å². The molecule has 0 saturated heterocycles. The van der Waals surface area contributed by atoms with Gasteiger partial charge in [-0.1, -0.05) is 72.8 Å². The molecule has 2 aromatic carbocycles. The van der Waals surface area contributed by atoms with Crippen molar-refractivity contribution in [3.63, 3.8) is 0 Å². The first-order valence-corrected chi connectivity index (χ1v) is 9.10. The highest BCUT2D eigenvalue weighted by Gasteiger charge is 2.30. The molecule has 28 heavy (non-hydrogen) atoms. The van der Waals surface area contributed by atoms with Crippen molar-refractivity contribution in [3.05, 3.63) is 121 Å². The van der Waals surface area contributed by atoms with E-state index in [4.69, 9.17) is 0 Å². The minimum absolute atomic E-state index is 0.102. The van der Waals surface area contributed by atoms with Crippen molar-refractivity contribution in [2.45, 2.75) is 5.92 Å². The van der Waals surface area contributed by atoms with Crippen molar-refractivity contribution in [1.29, 1.82) is 0 Å². The minimum Gasteiger partial charge on any atom is -0.273 e. The van der Waals surface area contributed by atoms with Crippen LogP contribution in [0.1, 0.15) is 17.0 Å². The number of anilines is 2. The Kier molecular flexibility index (Phi) is 5.20. The molecule has 0 N–H and O–H groups in total. The van der Waals surface area contributed by atoms with Crippen LogP contribution in [0, 0.1) is 0 Å². The number of nitrogens with zero attached hydrogens (tertiary/aromatic N) is 3. The maximum absolute atomic E-state index is 13.9. The van der Waals surface area contributed by atoms with E-state index < -0.39 is 5.92 Å². The summed E-state index contributed by atoms with van der Waals surface area (Å²) in [5.41, 5.74) is 1.85. The summed E-state index contributed by atoms with van der Waals surface area (Å²) < 4.78 is 0. The second-order valence-corrected chi connectivity index (χ2v) is 6.30. The molecule has 2 aromatic heterocycles. The number of rotatable bonds is 5. The molecule has 4 rings (SSSR count). The summed E-state index contributed by atoms with van der Waals surface area (Å²) in [5, 5.41) is 0. The summed E-state index contributed by atoms with van der Waals surface area (Å²) in [5.74, 6) is 0.521. The number of amides is 1. The fourth-order valence-electron chi connectivity index (χ4n) is 3.21. The van der Waals surface area contributed by atoms with Crippen LogP contribution in [0.15, 0.2) is 109 Å². The van der Waals surface area contributed by atoms with Crippen LogP contribution in [-0.4, -0.2) is 15.9 Å². The van der Waals surface area contributed by atoms with Gasteiger partial charge < -0.3 is 0 Å². The first kappa shape index (κ1) is 17.6. The Labute approximate surface area is 164 Å². The van der Waals surface area contributed by atoms with Crippen molar-refractivity contribution >= 4 is 17.5 Å². The fraction of sp³-hybridized carbons (Fsp3) is 0.0417. The van der Waals surface area contributed by atoms with Crippen LogP contribution >= 0.6 is 0 Å². The van der Waals surface area contributed by atoms with Crippen molar-refractivity contribution < 1.29 is 4.79 Å². The fourth-order valence-corrected chi connectivity index (χ4v) is 3.21. The average molecular weight is 365 g/mol. The summed E-state index contributed by atoms with van der Waals surface area (Å²) >= 11 is 0. The van der Waals surface area contributed by atoms with Crippen LogP contribution < -0.4 is 4.90 Å². The summed E-state index contributed by atoms with van der Waals surface area (Å²) in [6.07, 6.45) is 3.36. The predicted octanol–water partition coefficient (Wildman–Crippen LogP) is 4.97. The Balaban J connectivity index is 1.85. The van der Waals surface area contributed by atoms with Gasteiger partial charge in [0.1, 0.15) is 11.6 Å². The van der Waals surface area contributed by atoms with Crippen LogP contribution in [0.25, 0.3) is 0 Å². The predicted molar refractivity (Wildman–Crippen MR) is 110 cm³/mol. The number of carbonyl (C=O) groups excluding carboxylic acids is 1. The molecule has 0 fully saturated rings. The third-order valence-corrected chi connectivity index (χ3v) is 4.49.